The number of benzene rings is 1. The van der Waals surface area contributed by atoms with Crippen molar-refractivity contribution in [1.82, 2.24) is 5.32 Å². The summed E-state index contributed by atoms with van der Waals surface area (Å²) in [6.45, 7) is 7.32. The van der Waals surface area contributed by atoms with Crippen molar-refractivity contribution < 1.29 is 14.3 Å². The first-order valence-electron chi connectivity index (χ1n) is 8.61. The first-order chi connectivity index (χ1) is 10.9. The molecule has 0 aromatic heterocycles. The van der Waals surface area contributed by atoms with Crippen LogP contribution in [0.2, 0.25) is 0 Å². The Morgan fingerprint density at radius 1 is 1.22 bits per heavy atom. The van der Waals surface area contributed by atoms with Gasteiger partial charge in [-0.3, -0.25) is 4.79 Å². The number of nitrogens with one attached hydrogen (secondary N) is 1. The molecule has 3 aliphatic rings. The third-order valence-corrected chi connectivity index (χ3v) is 6.91. The zero-order valence-corrected chi connectivity index (χ0v) is 14.1. The van der Waals surface area contributed by atoms with E-state index in [1.54, 1.807) is 0 Å². The minimum Gasteiger partial charge on any atom is -0.485 e. The van der Waals surface area contributed by atoms with Gasteiger partial charge in [0.15, 0.2) is 11.5 Å². The van der Waals surface area contributed by atoms with Crippen LogP contribution in [0.5, 0.6) is 11.5 Å². The third kappa shape index (κ3) is 2.07. The summed E-state index contributed by atoms with van der Waals surface area (Å²) in [5.41, 5.74) is 0.474. The van der Waals surface area contributed by atoms with Gasteiger partial charge in [0.25, 0.3) is 5.91 Å². The van der Waals surface area contributed by atoms with Crippen molar-refractivity contribution >= 4 is 5.91 Å². The fourth-order valence-corrected chi connectivity index (χ4v) is 4.84. The van der Waals surface area contributed by atoms with Crippen LogP contribution >= 0.6 is 0 Å². The van der Waals surface area contributed by atoms with Crippen molar-refractivity contribution in [2.75, 3.05) is 6.61 Å². The van der Waals surface area contributed by atoms with Crippen LogP contribution < -0.4 is 14.8 Å². The topological polar surface area (TPSA) is 47.6 Å². The predicted octanol–water partition coefficient (Wildman–Crippen LogP) is 3.16. The average molecular weight is 315 g/mol. The second kappa shape index (κ2) is 4.89. The molecule has 2 bridgehead atoms. The highest BCUT2D eigenvalue weighted by molar-refractivity contribution is 5.82. The molecule has 1 amide bonds. The van der Waals surface area contributed by atoms with Crippen LogP contribution in [0.15, 0.2) is 24.3 Å². The Hall–Kier alpha value is -1.71. The van der Waals surface area contributed by atoms with Crippen LogP contribution in [0.25, 0.3) is 0 Å². The standard InChI is InChI=1S/C19H25NO3/c1-18(2)12-8-9-19(18,3)16(10-12)20-17(21)15-11-22-13-6-4-5-7-14(13)23-15/h4-7,12,15-16H,8-11H2,1-3H3,(H,20,21)/t12-,15+,16+,19-/m0/s1. The minimum atomic E-state index is -0.560. The summed E-state index contributed by atoms with van der Waals surface area (Å²) in [5, 5.41) is 3.26. The Labute approximate surface area is 137 Å². The monoisotopic (exact) mass is 315 g/mol. The molecule has 1 heterocycles. The van der Waals surface area contributed by atoms with Gasteiger partial charge < -0.3 is 14.8 Å². The van der Waals surface area contributed by atoms with Crippen LogP contribution in [-0.4, -0.2) is 24.7 Å². The van der Waals surface area contributed by atoms with Crippen LogP contribution in [0.3, 0.4) is 0 Å². The molecule has 0 unspecified atom stereocenters. The number of ether oxygens (including phenoxy) is 2. The number of hydrogen-bond acceptors (Lipinski definition) is 3. The summed E-state index contributed by atoms with van der Waals surface area (Å²) >= 11 is 0. The Morgan fingerprint density at radius 2 is 1.96 bits per heavy atom. The molecule has 2 aliphatic carbocycles. The van der Waals surface area contributed by atoms with E-state index in [1.165, 1.54) is 12.8 Å². The normalized spacial score (nSPS) is 36.7. The van der Waals surface area contributed by atoms with Crippen LogP contribution in [0, 0.1) is 16.7 Å². The molecule has 2 fully saturated rings. The lowest BCUT2D eigenvalue weighted by molar-refractivity contribution is -0.132. The summed E-state index contributed by atoms with van der Waals surface area (Å²) in [5.74, 6) is 2.03. The smallest absolute Gasteiger partial charge is 0.264 e. The number of carbonyl (C=O) groups excluding carboxylic acids is 1. The van der Waals surface area contributed by atoms with E-state index in [-0.39, 0.29) is 24.0 Å². The van der Waals surface area contributed by atoms with Gasteiger partial charge >= 0.3 is 0 Å². The van der Waals surface area contributed by atoms with E-state index >= 15 is 0 Å². The van der Waals surface area contributed by atoms with Crippen molar-refractivity contribution in [3.8, 4) is 11.5 Å². The molecule has 0 spiro atoms. The Morgan fingerprint density at radius 3 is 2.61 bits per heavy atom. The molecule has 4 rings (SSSR count). The first kappa shape index (κ1) is 14.9. The lowest BCUT2D eigenvalue weighted by atomic mass is 9.69. The highest BCUT2D eigenvalue weighted by Crippen LogP contribution is 2.65. The van der Waals surface area contributed by atoms with Crippen LogP contribution in [0.4, 0.5) is 0 Å². The first-order valence-corrected chi connectivity index (χ1v) is 8.61. The van der Waals surface area contributed by atoms with E-state index in [9.17, 15) is 4.79 Å². The van der Waals surface area contributed by atoms with Gasteiger partial charge in [-0.05, 0) is 48.1 Å². The summed E-state index contributed by atoms with van der Waals surface area (Å²) < 4.78 is 11.5. The molecular formula is C19H25NO3. The van der Waals surface area contributed by atoms with Gasteiger partial charge in [-0.1, -0.05) is 32.9 Å². The molecule has 1 N–H and O–H groups in total. The molecule has 23 heavy (non-hydrogen) atoms. The molecular weight excluding hydrogens is 290 g/mol. The van der Waals surface area contributed by atoms with Gasteiger partial charge in [-0.25, -0.2) is 0 Å². The maximum Gasteiger partial charge on any atom is 0.264 e. The van der Waals surface area contributed by atoms with E-state index in [0.29, 0.717) is 22.8 Å². The molecule has 2 saturated carbocycles. The summed E-state index contributed by atoms with van der Waals surface area (Å²) in [6, 6.07) is 7.74. The van der Waals surface area contributed by atoms with Crippen molar-refractivity contribution in [3.63, 3.8) is 0 Å². The van der Waals surface area contributed by atoms with Gasteiger partial charge in [0.05, 0.1) is 0 Å². The third-order valence-electron chi connectivity index (χ3n) is 6.91. The number of hydrogen-bond donors (Lipinski definition) is 1. The highest BCUT2D eigenvalue weighted by Gasteiger charge is 2.61. The second-order valence-corrected chi connectivity index (χ2v) is 8.04. The van der Waals surface area contributed by atoms with E-state index in [0.717, 1.165) is 6.42 Å². The molecule has 4 atom stereocenters. The predicted molar refractivity (Wildman–Crippen MR) is 87.5 cm³/mol. The minimum absolute atomic E-state index is 0.0471. The van der Waals surface area contributed by atoms with E-state index in [1.807, 2.05) is 24.3 Å². The molecule has 1 aliphatic heterocycles. The van der Waals surface area contributed by atoms with E-state index < -0.39 is 6.10 Å². The zero-order valence-electron chi connectivity index (χ0n) is 14.1. The second-order valence-electron chi connectivity index (χ2n) is 8.04. The Kier molecular flexibility index (Phi) is 3.16. The van der Waals surface area contributed by atoms with Gasteiger partial charge in [-0.15, -0.1) is 0 Å². The number of para-hydroxylation sites is 2. The highest BCUT2D eigenvalue weighted by atomic mass is 16.6. The fourth-order valence-electron chi connectivity index (χ4n) is 4.84. The summed E-state index contributed by atoms with van der Waals surface area (Å²) in [6.07, 6.45) is 3.00. The molecule has 0 saturated heterocycles. The van der Waals surface area contributed by atoms with E-state index in [4.69, 9.17) is 9.47 Å². The lowest BCUT2D eigenvalue weighted by Gasteiger charge is -2.40. The van der Waals surface area contributed by atoms with Crippen molar-refractivity contribution in [1.29, 1.82) is 0 Å². The zero-order chi connectivity index (χ0) is 16.2. The summed E-state index contributed by atoms with van der Waals surface area (Å²) in [4.78, 5) is 12.7. The van der Waals surface area contributed by atoms with Crippen molar-refractivity contribution in [3.05, 3.63) is 24.3 Å². The van der Waals surface area contributed by atoms with Crippen LogP contribution in [-0.2, 0) is 4.79 Å². The molecule has 4 heteroatoms. The Balaban J connectivity index is 1.46. The number of carbonyl (C=O) groups is 1. The summed E-state index contributed by atoms with van der Waals surface area (Å²) in [7, 11) is 0. The van der Waals surface area contributed by atoms with Gasteiger partial charge in [-0.2, -0.15) is 0 Å². The van der Waals surface area contributed by atoms with Crippen molar-refractivity contribution in [2.45, 2.75) is 52.2 Å². The quantitative estimate of drug-likeness (QED) is 0.912. The molecule has 0 radical (unpaired) electrons. The maximum atomic E-state index is 12.7. The fraction of sp³-hybridized carbons (Fsp3) is 0.632. The molecule has 124 valence electrons. The SMILES string of the molecule is CC1(C)[C@H]2CC[C@@]1(C)[C@H](NC(=O)[C@H]1COc3ccccc3O1)C2. The Bertz CT molecular complexity index is 641. The van der Waals surface area contributed by atoms with E-state index in [2.05, 4.69) is 26.1 Å². The number of fused-ring (bicyclic) bond motifs is 3. The largest absolute Gasteiger partial charge is 0.485 e. The van der Waals surface area contributed by atoms with Crippen LogP contribution in [0.1, 0.15) is 40.0 Å². The van der Waals surface area contributed by atoms with Crippen molar-refractivity contribution in [2.24, 2.45) is 16.7 Å². The van der Waals surface area contributed by atoms with Gasteiger partial charge in [0.2, 0.25) is 6.10 Å². The van der Waals surface area contributed by atoms with Gasteiger partial charge in [0, 0.05) is 6.04 Å². The molecule has 1 aromatic carbocycles. The molecule has 1 aromatic rings. The lowest BCUT2D eigenvalue weighted by Crippen LogP contribution is -2.52. The average Bonchev–Trinajstić information content (AvgIpc) is 2.87. The van der Waals surface area contributed by atoms with Gasteiger partial charge in [0.1, 0.15) is 6.61 Å². The molecule has 4 nitrogen and oxygen atoms in total. The maximum absolute atomic E-state index is 12.7. The number of amides is 1. The number of rotatable bonds is 2.